The molecule has 2 nitrogen and oxygen atoms in total. The standard InChI is InChI=1S/2C20H15O.2CH3.2ClH.H2Si.Zr/c2*1-14-10-11-20(21-14)17-12-16-8-5-9-18(19(16)13-17)15-6-3-2-4-7-15;;;;;;/h2*2-13H,1H3;2*1H3;2*1H;1H2;. The molecule has 0 spiro atoms. The van der Waals surface area contributed by atoms with E-state index in [0.29, 0.717) is 0 Å². The van der Waals surface area contributed by atoms with Crippen molar-refractivity contribution in [3.05, 3.63) is 167 Å². The van der Waals surface area contributed by atoms with Gasteiger partial charge in [0.05, 0.1) is 0 Å². The Morgan fingerprint density at radius 1 is 0.500 bits per heavy atom. The minimum Gasteiger partial charge on any atom is -0.147 e. The molecule has 2 heterocycles. The van der Waals surface area contributed by atoms with Gasteiger partial charge in [-0.15, -0.1) is 24.8 Å². The maximum absolute atomic E-state index is 6.47. The van der Waals surface area contributed by atoms with E-state index in [2.05, 4.69) is 150 Å². The summed E-state index contributed by atoms with van der Waals surface area (Å²) in [4.78, 5) is 0. The minimum absolute atomic E-state index is 0. The Bertz CT molecular complexity index is 2120. The number of furan rings is 2. The Hall–Kier alpha value is -3.40. The first-order valence-corrected chi connectivity index (χ1v) is 29.9. The fourth-order valence-electron chi connectivity index (χ4n) is 8.36. The van der Waals surface area contributed by atoms with E-state index < -0.39 is 17.4 Å². The van der Waals surface area contributed by atoms with Gasteiger partial charge in [-0.3, -0.25) is 0 Å². The van der Waals surface area contributed by atoms with Gasteiger partial charge in [-0.25, -0.2) is 0 Å². The van der Waals surface area contributed by atoms with Crippen molar-refractivity contribution in [1.29, 1.82) is 0 Å². The van der Waals surface area contributed by atoms with E-state index in [-0.39, 0.29) is 32.1 Å². The molecule has 242 valence electrons. The molecule has 0 saturated carbocycles. The predicted octanol–water partition coefficient (Wildman–Crippen LogP) is 11.9. The normalized spacial score (nSPS) is 16.7. The number of aryl methyl sites for hydroxylation is 2. The summed E-state index contributed by atoms with van der Waals surface area (Å²) in [6.07, 6.45) is 4.90. The van der Waals surface area contributed by atoms with Gasteiger partial charge in [0, 0.05) is 0 Å². The minimum atomic E-state index is -4.06. The molecule has 2 aromatic heterocycles. The van der Waals surface area contributed by atoms with Crippen molar-refractivity contribution in [2.24, 2.45) is 0 Å². The van der Waals surface area contributed by atoms with Crippen molar-refractivity contribution >= 4 is 55.0 Å². The zero-order chi connectivity index (χ0) is 31.7. The average Bonchev–Trinajstić information content (AvgIpc) is 3.85. The molecule has 4 aromatic carbocycles. The monoisotopic (exact) mass is 764 g/mol. The maximum atomic E-state index is 6.47. The van der Waals surface area contributed by atoms with Crippen molar-refractivity contribution in [2.45, 2.75) is 30.4 Å². The molecule has 2 aliphatic rings. The second kappa shape index (κ2) is 12.8. The summed E-state index contributed by atoms with van der Waals surface area (Å²) in [6, 6.07) is 44.0. The van der Waals surface area contributed by atoms with E-state index in [1.165, 1.54) is 55.7 Å². The van der Waals surface area contributed by atoms with Crippen molar-refractivity contribution in [3.8, 4) is 22.3 Å². The second-order valence-electron chi connectivity index (χ2n) is 14.2. The Balaban J connectivity index is 0.00000201. The molecule has 2 unspecified atom stereocenters. The Morgan fingerprint density at radius 2 is 0.896 bits per heavy atom. The Labute approximate surface area is 298 Å². The molecule has 0 radical (unpaired) electrons. The molecule has 2 aliphatic carbocycles. The molecule has 0 saturated heterocycles. The number of halogens is 2. The summed E-state index contributed by atoms with van der Waals surface area (Å²) in [5.41, 5.74) is 13.2. The molecular weight excluding hydrogens is 727 g/mol. The van der Waals surface area contributed by atoms with Gasteiger partial charge in [-0.2, -0.15) is 0 Å². The fourth-order valence-corrected chi connectivity index (χ4v) is 26.8. The number of fused-ring (bicyclic) bond motifs is 2. The van der Waals surface area contributed by atoms with Crippen LogP contribution in [-0.4, -0.2) is 6.88 Å². The van der Waals surface area contributed by atoms with Crippen LogP contribution in [0.15, 0.2) is 130 Å². The number of benzene rings is 4. The molecular formula is C42H40Cl2O2SiZr. The zero-order valence-corrected chi connectivity index (χ0v) is 33.2. The first kappa shape index (κ1) is 34.5. The molecule has 48 heavy (non-hydrogen) atoms. The molecule has 6 aromatic rings. The van der Waals surface area contributed by atoms with Crippen LogP contribution in [-0.2, 0) is 17.4 Å². The second-order valence-corrected chi connectivity index (χ2v) is 44.6. The van der Waals surface area contributed by atoms with Crippen LogP contribution in [0.25, 0.3) is 45.6 Å². The molecule has 0 N–H and O–H groups in total. The maximum Gasteiger partial charge on any atom is -0.147 e. The summed E-state index contributed by atoms with van der Waals surface area (Å²) in [6.45, 7) is 6.45. The molecule has 6 heteroatoms. The van der Waals surface area contributed by atoms with E-state index in [0.717, 1.165) is 23.0 Å². The van der Waals surface area contributed by atoms with Crippen molar-refractivity contribution in [1.82, 2.24) is 0 Å². The predicted molar refractivity (Wildman–Crippen MR) is 207 cm³/mol. The Morgan fingerprint density at radius 3 is 1.25 bits per heavy atom. The van der Waals surface area contributed by atoms with Crippen LogP contribution in [0.3, 0.4) is 0 Å². The van der Waals surface area contributed by atoms with Crippen LogP contribution in [0, 0.1) is 13.8 Å². The summed E-state index contributed by atoms with van der Waals surface area (Å²) in [5.74, 6) is 3.87. The number of allylic oxidation sites excluding steroid dienone is 2. The summed E-state index contributed by atoms with van der Waals surface area (Å²) in [7, 11) is 0. The summed E-state index contributed by atoms with van der Waals surface area (Å²) < 4.78 is 18.8. The van der Waals surface area contributed by atoms with Gasteiger partial charge < -0.3 is 0 Å². The third kappa shape index (κ3) is 5.61. The van der Waals surface area contributed by atoms with Crippen LogP contribution in [0.2, 0.25) is 9.26 Å². The van der Waals surface area contributed by atoms with Gasteiger partial charge in [0.15, 0.2) is 0 Å². The van der Waals surface area contributed by atoms with Crippen LogP contribution in [0.5, 0.6) is 0 Å². The van der Waals surface area contributed by atoms with E-state index in [1.807, 2.05) is 13.8 Å². The quantitative estimate of drug-likeness (QED) is 0.158. The van der Waals surface area contributed by atoms with Gasteiger partial charge in [0.25, 0.3) is 0 Å². The largest absolute Gasteiger partial charge is 0.147 e. The molecule has 8 rings (SSSR count). The summed E-state index contributed by atoms with van der Waals surface area (Å²) >= 11 is -4.06. The number of hydrogen-bond donors (Lipinski definition) is 0. The van der Waals surface area contributed by atoms with E-state index >= 15 is 0 Å². The first-order chi connectivity index (χ1) is 22.2. The van der Waals surface area contributed by atoms with Gasteiger partial charge in [0.2, 0.25) is 0 Å². The Kier molecular flexibility index (Phi) is 9.20. The van der Waals surface area contributed by atoms with E-state index in [9.17, 15) is 0 Å². The molecule has 2 atom stereocenters. The first-order valence-electron chi connectivity index (χ1n) is 16.2. The van der Waals surface area contributed by atoms with Gasteiger partial charge >= 0.3 is 276 Å². The fraction of sp³-hybridized carbons (Fsp3) is 0.143. The third-order valence-electron chi connectivity index (χ3n) is 10.2. The molecule has 0 bridgehead atoms. The SMILES string of the molecule is Cc1ccc(C2=Cc3c(-c4ccccc4)cccc3[CH]2[Zr]([CH3])([CH3])(=[SiH2])[CH]2C(c3ccc(C)o3)=Cc3c(-c4ccccc4)cccc32)o1.Cl.Cl. The van der Waals surface area contributed by atoms with E-state index in [4.69, 9.17) is 8.83 Å². The molecule has 0 fully saturated rings. The van der Waals surface area contributed by atoms with Gasteiger partial charge in [0.1, 0.15) is 0 Å². The molecule has 0 amide bonds. The zero-order valence-electron chi connectivity index (χ0n) is 27.7. The van der Waals surface area contributed by atoms with Crippen LogP contribution < -0.4 is 0 Å². The number of rotatable bonds is 6. The third-order valence-corrected chi connectivity index (χ3v) is 27.4. The van der Waals surface area contributed by atoms with Gasteiger partial charge in [-0.1, -0.05) is 0 Å². The smallest absolute Gasteiger partial charge is 0.147 e. The van der Waals surface area contributed by atoms with Crippen molar-refractivity contribution in [3.63, 3.8) is 0 Å². The van der Waals surface area contributed by atoms with Crippen molar-refractivity contribution < 1.29 is 26.2 Å². The van der Waals surface area contributed by atoms with E-state index in [1.54, 1.807) is 0 Å². The summed E-state index contributed by atoms with van der Waals surface area (Å²) in [5, 5.41) is 0. The van der Waals surface area contributed by atoms with Crippen LogP contribution >= 0.6 is 24.8 Å². The number of hydrogen-bond acceptors (Lipinski definition) is 2. The van der Waals surface area contributed by atoms with Crippen molar-refractivity contribution in [2.75, 3.05) is 0 Å². The molecule has 0 aliphatic heterocycles. The topological polar surface area (TPSA) is 26.3 Å². The van der Waals surface area contributed by atoms with Crippen LogP contribution in [0.4, 0.5) is 0 Å². The average molecular weight is 767 g/mol. The van der Waals surface area contributed by atoms with Gasteiger partial charge in [-0.05, 0) is 0 Å². The van der Waals surface area contributed by atoms with Crippen LogP contribution in [0.1, 0.15) is 52.5 Å².